The van der Waals surface area contributed by atoms with Crippen LogP contribution in [0.3, 0.4) is 0 Å². The van der Waals surface area contributed by atoms with E-state index in [2.05, 4.69) is 19.9 Å². The minimum Gasteiger partial charge on any atom is -0.377 e. The molecule has 0 radical (unpaired) electrons. The van der Waals surface area contributed by atoms with Gasteiger partial charge in [-0.3, -0.25) is 9.80 Å². The summed E-state index contributed by atoms with van der Waals surface area (Å²) in [6, 6.07) is 0. The van der Waals surface area contributed by atoms with Crippen LogP contribution in [0, 0.1) is 0 Å². The van der Waals surface area contributed by atoms with Crippen LogP contribution in [0.5, 0.6) is 0 Å². The van der Waals surface area contributed by atoms with Crippen molar-refractivity contribution in [2.24, 2.45) is 0 Å². The molecule has 22 heavy (non-hydrogen) atoms. The Labute approximate surface area is 132 Å². The number of ether oxygens (including phenoxy) is 1. The molecule has 1 atom stereocenters. The van der Waals surface area contributed by atoms with Crippen LogP contribution in [0.2, 0.25) is 0 Å². The van der Waals surface area contributed by atoms with Gasteiger partial charge in [0.25, 0.3) is 0 Å². The van der Waals surface area contributed by atoms with Crippen molar-refractivity contribution in [3.63, 3.8) is 0 Å². The fraction of sp³-hybridized carbons (Fsp3) is 0.875. The molecule has 1 unspecified atom stereocenters. The van der Waals surface area contributed by atoms with Crippen LogP contribution >= 0.6 is 0 Å². The van der Waals surface area contributed by atoms with Gasteiger partial charge in [-0.05, 0) is 38.8 Å². The summed E-state index contributed by atoms with van der Waals surface area (Å²) in [5.41, 5.74) is 0. The molecule has 0 bridgehead atoms. The average Bonchev–Trinajstić information content (AvgIpc) is 2.89. The molecule has 0 N–H and O–H groups in total. The average molecular weight is 308 g/mol. The van der Waals surface area contributed by atoms with Crippen molar-refractivity contribution in [1.29, 1.82) is 0 Å². The lowest BCUT2D eigenvalue weighted by atomic mass is 10.1. The standard InChI is InChI=1S/C16H28N4O2/c1-2-16-17-15(18-22-16)13-20-8-5-7-19(9-10-20)12-14-6-3-4-11-21-14/h14H,2-13H2,1H3. The van der Waals surface area contributed by atoms with Gasteiger partial charge in [-0.2, -0.15) is 4.98 Å². The second kappa shape index (κ2) is 8.04. The summed E-state index contributed by atoms with van der Waals surface area (Å²) in [7, 11) is 0. The molecule has 1 aromatic rings. The number of nitrogens with zero attached hydrogens (tertiary/aromatic N) is 4. The van der Waals surface area contributed by atoms with Crippen LogP contribution in [-0.2, 0) is 17.7 Å². The van der Waals surface area contributed by atoms with Crippen LogP contribution in [0.15, 0.2) is 4.52 Å². The highest BCUT2D eigenvalue weighted by molar-refractivity contribution is 4.87. The molecule has 0 saturated carbocycles. The van der Waals surface area contributed by atoms with E-state index in [9.17, 15) is 0 Å². The maximum absolute atomic E-state index is 5.87. The molecule has 6 nitrogen and oxygen atoms in total. The highest BCUT2D eigenvalue weighted by Crippen LogP contribution is 2.15. The lowest BCUT2D eigenvalue weighted by Gasteiger charge is -2.29. The SMILES string of the molecule is CCc1nc(CN2CCCN(CC3CCCCO3)CC2)no1. The van der Waals surface area contributed by atoms with Gasteiger partial charge in [0, 0.05) is 32.7 Å². The highest BCUT2D eigenvalue weighted by Gasteiger charge is 2.21. The smallest absolute Gasteiger partial charge is 0.226 e. The first-order valence-electron chi connectivity index (χ1n) is 8.71. The number of hydrogen-bond acceptors (Lipinski definition) is 6. The molecular weight excluding hydrogens is 280 g/mol. The molecule has 3 rings (SSSR count). The number of aromatic nitrogens is 2. The largest absolute Gasteiger partial charge is 0.377 e. The molecule has 0 amide bonds. The molecule has 0 aliphatic carbocycles. The van der Waals surface area contributed by atoms with Gasteiger partial charge in [0.2, 0.25) is 5.89 Å². The minimum atomic E-state index is 0.449. The lowest BCUT2D eigenvalue weighted by molar-refractivity contribution is -0.00501. The van der Waals surface area contributed by atoms with E-state index in [4.69, 9.17) is 9.26 Å². The third-order valence-electron chi connectivity index (χ3n) is 4.59. The van der Waals surface area contributed by atoms with Gasteiger partial charge >= 0.3 is 0 Å². The molecular formula is C16H28N4O2. The van der Waals surface area contributed by atoms with E-state index in [1.54, 1.807) is 0 Å². The van der Waals surface area contributed by atoms with E-state index in [1.165, 1.54) is 32.2 Å². The molecule has 3 heterocycles. The number of rotatable bonds is 5. The van der Waals surface area contributed by atoms with E-state index >= 15 is 0 Å². The Morgan fingerprint density at radius 1 is 1.09 bits per heavy atom. The third-order valence-corrected chi connectivity index (χ3v) is 4.59. The normalized spacial score (nSPS) is 25.2. The van der Waals surface area contributed by atoms with E-state index in [0.29, 0.717) is 6.10 Å². The molecule has 0 spiro atoms. The third kappa shape index (κ3) is 4.51. The molecule has 124 valence electrons. The Bertz CT molecular complexity index is 445. The van der Waals surface area contributed by atoms with Crippen LogP contribution in [-0.4, -0.2) is 65.4 Å². The van der Waals surface area contributed by atoms with E-state index in [-0.39, 0.29) is 0 Å². The second-order valence-electron chi connectivity index (χ2n) is 6.38. The van der Waals surface area contributed by atoms with Gasteiger partial charge in [0.15, 0.2) is 5.82 Å². The van der Waals surface area contributed by atoms with Crippen molar-refractivity contribution >= 4 is 0 Å². The predicted molar refractivity (Wildman–Crippen MR) is 83.6 cm³/mol. The molecule has 2 saturated heterocycles. The van der Waals surface area contributed by atoms with Crippen molar-refractivity contribution in [3.8, 4) is 0 Å². The minimum absolute atomic E-state index is 0.449. The zero-order valence-corrected chi connectivity index (χ0v) is 13.7. The Hall–Kier alpha value is -0.980. The summed E-state index contributed by atoms with van der Waals surface area (Å²) < 4.78 is 11.1. The Kier molecular flexibility index (Phi) is 5.81. The van der Waals surface area contributed by atoms with Gasteiger partial charge < -0.3 is 9.26 Å². The summed E-state index contributed by atoms with van der Waals surface area (Å²) in [6.45, 7) is 9.34. The lowest BCUT2D eigenvalue weighted by Crippen LogP contribution is -2.38. The first-order chi connectivity index (χ1) is 10.8. The molecule has 1 aromatic heterocycles. The molecule has 0 aromatic carbocycles. The number of aryl methyl sites for hydroxylation is 1. The maximum Gasteiger partial charge on any atom is 0.226 e. The molecule has 6 heteroatoms. The van der Waals surface area contributed by atoms with E-state index < -0.39 is 0 Å². The van der Waals surface area contributed by atoms with Crippen molar-refractivity contribution in [2.45, 2.75) is 51.7 Å². The topological polar surface area (TPSA) is 54.6 Å². The Balaban J connectivity index is 1.44. The fourth-order valence-corrected chi connectivity index (χ4v) is 3.30. The van der Waals surface area contributed by atoms with E-state index in [0.717, 1.165) is 57.5 Å². The Morgan fingerprint density at radius 2 is 1.95 bits per heavy atom. The van der Waals surface area contributed by atoms with Gasteiger partial charge in [-0.15, -0.1) is 0 Å². The van der Waals surface area contributed by atoms with Crippen molar-refractivity contribution in [3.05, 3.63) is 11.7 Å². The monoisotopic (exact) mass is 308 g/mol. The summed E-state index contributed by atoms with van der Waals surface area (Å²) in [6.07, 6.45) is 6.23. The first kappa shape index (κ1) is 15.9. The van der Waals surface area contributed by atoms with Crippen LogP contribution in [0.1, 0.15) is 44.3 Å². The van der Waals surface area contributed by atoms with Crippen LogP contribution in [0.25, 0.3) is 0 Å². The number of hydrogen-bond donors (Lipinski definition) is 0. The van der Waals surface area contributed by atoms with Crippen molar-refractivity contribution < 1.29 is 9.26 Å². The molecule has 2 aliphatic heterocycles. The highest BCUT2D eigenvalue weighted by atomic mass is 16.5. The summed E-state index contributed by atoms with van der Waals surface area (Å²) in [4.78, 5) is 9.41. The van der Waals surface area contributed by atoms with Crippen LogP contribution < -0.4 is 0 Å². The van der Waals surface area contributed by atoms with Crippen molar-refractivity contribution in [1.82, 2.24) is 19.9 Å². The predicted octanol–water partition coefficient (Wildman–Crippen LogP) is 1.71. The summed E-state index contributed by atoms with van der Waals surface area (Å²) >= 11 is 0. The summed E-state index contributed by atoms with van der Waals surface area (Å²) in [5.74, 6) is 1.56. The van der Waals surface area contributed by atoms with Gasteiger partial charge in [0.1, 0.15) is 0 Å². The van der Waals surface area contributed by atoms with Gasteiger partial charge in [-0.1, -0.05) is 12.1 Å². The van der Waals surface area contributed by atoms with Gasteiger partial charge in [0.05, 0.1) is 12.6 Å². The Morgan fingerprint density at radius 3 is 2.73 bits per heavy atom. The molecule has 2 fully saturated rings. The summed E-state index contributed by atoms with van der Waals surface area (Å²) in [5, 5.41) is 4.06. The zero-order chi connectivity index (χ0) is 15.2. The first-order valence-corrected chi connectivity index (χ1v) is 8.71. The zero-order valence-electron chi connectivity index (χ0n) is 13.7. The van der Waals surface area contributed by atoms with Crippen molar-refractivity contribution in [2.75, 3.05) is 39.3 Å². The molecule has 2 aliphatic rings. The quantitative estimate of drug-likeness (QED) is 0.825. The van der Waals surface area contributed by atoms with Gasteiger partial charge in [-0.25, -0.2) is 0 Å². The van der Waals surface area contributed by atoms with E-state index in [1.807, 2.05) is 6.92 Å². The maximum atomic E-state index is 5.87. The fourth-order valence-electron chi connectivity index (χ4n) is 3.30. The van der Waals surface area contributed by atoms with Crippen LogP contribution in [0.4, 0.5) is 0 Å². The second-order valence-corrected chi connectivity index (χ2v) is 6.38.